The van der Waals surface area contributed by atoms with Crippen LogP contribution in [0.3, 0.4) is 0 Å². The minimum atomic E-state index is 0.244. The molecule has 1 amide bonds. The number of fused-ring (bicyclic) bond motifs is 1. The summed E-state index contributed by atoms with van der Waals surface area (Å²) >= 11 is 5.22. The third-order valence-corrected chi connectivity index (χ3v) is 3.71. The fraction of sp³-hybridized carbons (Fsp3) is 0.500. The molecule has 0 bridgehead atoms. The highest BCUT2D eigenvalue weighted by molar-refractivity contribution is 9.11. The molecule has 10 heavy (non-hydrogen) atoms. The van der Waals surface area contributed by atoms with Crippen molar-refractivity contribution in [2.24, 2.45) is 0 Å². The molecule has 1 fully saturated rings. The molecule has 0 aliphatic carbocycles. The molecular weight excluding hydrogens is 214 g/mol. The van der Waals surface area contributed by atoms with Gasteiger partial charge in [0, 0.05) is 6.20 Å². The van der Waals surface area contributed by atoms with Crippen LogP contribution in [0.4, 0.5) is 0 Å². The first kappa shape index (κ1) is 6.73. The molecule has 1 unspecified atom stereocenters. The van der Waals surface area contributed by atoms with E-state index in [1.54, 1.807) is 16.7 Å². The molecule has 0 N–H and O–H groups in total. The predicted molar refractivity (Wildman–Crippen MR) is 44.7 cm³/mol. The van der Waals surface area contributed by atoms with Gasteiger partial charge in [0.1, 0.15) is 0 Å². The first-order valence-corrected chi connectivity index (χ1v) is 4.92. The highest BCUT2D eigenvalue weighted by Crippen LogP contribution is 2.38. The highest BCUT2D eigenvalue weighted by atomic mass is 79.9. The number of carbonyl (C=O) groups excluding carboxylic acids is 1. The quantitative estimate of drug-likeness (QED) is 0.455. The van der Waals surface area contributed by atoms with E-state index in [0.717, 1.165) is 0 Å². The fourth-order valence-corrected chi connectivity index (χ4v) is 2.95. The molecule has 2 aliphatic rings. The van der Waals surface area contributed by atoms with Crippen LogP contribution in [0.2, 0.25) is 0 Å². The van der Waals surface area contributed by atoms with Gasteiger partial charge in [-0.2, -0.15) is 0 Å². The number of thioether (sulfide) groups is 1. The van der Waals surface area contributed by atoms with Crippen LogP contribution in [0.5, 0.6) is 0 Å². The minimum absolute atomic E-state index is 0.244. The Hall–Kier alpha value is 0.0400. The number of hydrogen-bond donors (Lipinski definition) is 0. The zero-order chi connectivity index (χ0) is 7.14. The van der Waals surface area contributed by atoms with Gasteiger partial charge < -0.3 is 4.90 Å². The van der Waals surface area contributed by atoms with E-state index in [-0.39, 0.29) is 5.91 Å². The second-order valence-electron chi connectivity index (χ2n) is 2.29. The maximum absolute atomic E-state index is 10.8. The van der Waals surface area contributed by atoms with Gasteiger partial charge in [0.05, 0.1) is 16.0 Å². The van der Waals surface area contributed by atoms with E-state index in [1.165, 1.54) is 0 Å². The van der Waals surface area contributed by atoms with E-state index in [9.17, 15) is 4.79 Å². The van der Waals surface area contributed by atoms with Gasteiger partial charge in [0.2, 0.25) is 5.91 Å². The zero-order valence-corrected chi connectivity index (χ0v) is 7.56. The third-order valence-electron chi connectivity index (χ3n) is 1.63. The first-order chi connectivity index (χ1) is 4.77. The van der Waals surface area contributed by atoms with E-state index in [2.05, 4.69) is 15.9 Å². The normalized spacial score (nSPS) is 37.3. The van der Waals surface area contributed by atoms with Crippen molar-refractivity contribution in [2.45, 2.75) is 16.0 Å². The van der Waals surface area contributed by atoms with Crippen molar-refractivity contribution in [3.05, 3.63) is 12.3 Å². The van der Waals surface area contributed by atoms with Crippen molar-refractivity contribution in [2.75, 3.05) is 0 Å². The van der Waals surface area contributed by atoms with Crippen LogP contribution < -0.4 is 0 Å². The van der Waals surface area contributed by atoms with Gasteiger partial charge in [-0.3, -0.25) is 4.79 Å². The van der Waals surface area contributed by atoms with Gasteiger partial charge >= 0.3 is 0 Å². The first-order valence-electron chi connectivity index (χ1n) is 3.06. The number of amides is 1. The molecule has 1 saturated heterocycles. The SMILES string of the molecule is O=C1C[C@H]2SC(Br)C=CN12. The summed E-state index contributed by atoms with van der Waals surface area (Å²) in [5, 5.41) is 0.405. The minimum Gasteiger partial charge on any atom is -0.306 e. The average molecular weight is 220 g/mol. The van der Waals surface area contributed by atoms with Crippen LogP contribution in [0.25, 0.3) is 0 Å². The molecule has 54 valence electrons. The Kier molecular flexibility index (Phi) is 1.53. The topological polar surface area (TPSA) is 20.3 Å². The van der Waals surface area contributed by atoms with Gasteiger partial charge in [-0.1, -0.05) is 15.9 Å². The molecule has 2 nitrogen and oxygen atoms in total. The summed E-state index contributed by atoms with van der Waals surface area (Å²) in [5.41, 5.74) is 0. The third kappa shape index (κ3) is 0.900. The summed E-state index contributed by atoms with van der Waals surface area (Å²) in [6.45, 7) is 0. The summed E-state index contributed by atoms with van der Waals surface area (Å²) in [6.07, 6.45) is 4.56. The van der Waals surface area contributed by atoms with Gasteiger partial charge in [-0.25, -0.2) is 0 Å². The Bertz CT molecular complexity index is 206. The smallest absolute Gasteiger partial charge is 0.230 e. The maximum Gasteiger partial charge on any atom is 0.230 e. The molecule has 0 spiro atoms. The molecule has 4 heteroatoms. The second-order valence-corrected chi connectivity index (χ2v) is 5.21. The van der Waals surface area contributed by atoms with Crippen molar-refractivity contribution in [3.63, 3.8) is 0 Å². The van der Waals surface area contributed by atoms with E-state index in [1.807, 2.05) is 12.3 Å². The van der Waals surface area contributed by atoms with Crippen molar-refractivity contribution in [3.8, 4) is 0 Å². The predicted octanol–water partition coefficient (Wildman–Crippen LogP) is 1.53. The number of rotatable bonds is 0. The van der Waals surface area contributed by atoms with E-state index < -0.39 is 0 Å². The van der Waals surface area contributed by atoms with Gasteiger partial charge in [0.25, 0.3) is 0 Å². The maximum atomic E-state index is 10.8. The Morgan fingerprint density at radius 2 is 2.60 bits per heavy atom. The number of β-lactam (4-membered cyclic amide) rings is 1. The van der Waals surface area contributed by atoms with E-state index in [0.29, 0.717) is 16.0 Å². The van der Waals surface area contributed by atoms with Crippen LogP contribution in [0, 0.1) is 0 Å². The summed E-state index contributed by atoms with van der Waals surface area (Å²) in [6, 6.07) is 0. The molecule has 2 rings (SSSR count). The Balaban J connectivity index is 2.14. The molecule has 0 radical (unpaired) electrons. The molecule has 2 aliphatic heterocycles. The molecule has 0 aromatic carbocycles. The van der Waals surface area contributed by atoms with Gasteiger partial charge in [0.15, 0.2) is 0 Å². The summed E-state index contributed by atoms with van der Waals surface area (Å²) in [7, 11) is 0. The number of alkyl halides is 1. The summed E-state index contributed by atoms with van der Waals surface area (Å²) in [4.78, 5) is 12.6. The lowest BCUT2D eigenvalue weighted by Crippen LogP contribution is -2.49. The number of hydrogen-bond acceptors (Lipinski definition) is 2. The summed E-state index contributed by atoms with van der Waals surface area (Å²) in [5.74, 6) is 0.244. The molecule has 2 heterocycles. The number of carbonyl (C=O) groups is 1. The standard InChI is InChI=1S/C6H6BrNOS/c7-4-1-2-8-5(9)3-6(8)10-4/h1-2,4,6H,3H2/t4?,6-/m1/s1. The largest absolute Gasteiger partial charge is 0.306 e. The summed E-state index contributed by atoms with van der Waals surface area (Å²) < 4.78 is 0.391. The fourth-order valence-electron chi connectivity index (χ4n) is 1.05. The van der Waals surface area contributed by atoms with Crippen molar-refractivity contribution in [1.29, 1.82) is 0 Å². The lowest BCUT2D eigenvalue weighted by atomic mass is 10.2. The molecular formula is C6H6BrNOS. The van der Waals surface area contributed by atoms with Crippen molar-refractivity contribution >= 4 is 33.6 Å². The Morgan fingerprint density at radius 3 is 3.20 bits per heavy atom. The van der Waals surface area contributed by atoms with Gasteiger partial charge in [-0.05, 0) is 6.08 Å². The van der Waals surface area contributed by atoms with E-state index >= 15 is 0 Å². The monoisotopic (exact) mass is 219 g/mol. The molecule has 0 saturated carbocycles. The van der Waals surface area contributed by atoms with Crippen LogP contribution in [0.15, 0.2) is 12.3 Å². The molecule has 0 aromatic rings. The van der Waals surface area contributed by atoms with Crippen LogP contribution >= 0.6 is 27.7 Å². The average Bonchev–Trinajstić information content (AvgIpc) is 1.86. The van der Waals surface area contributed by atoms with Crippen molar-refractivity contribution in [1.82, 2.24) is 4.90 Å². The van der Waals surface area contributed by atoms with Gasteiger partial charge in [-0.15, -0.1) is 11.8 Å². The van der Waals surface area contributed by atoms with Crippen LogP contribution in [-0.4, -0.2) is 20.3 Å². The molecule has 0 aromatic heterocycles. The lowest BCUT2D eigenvalue weighted by molar-refractivity contribution is -0.137. The number of nitrogens with zero attached hydrogens (tertiary/aromatic N) is 1. The molecule has 2 atom stereocenters. The van der Waals surface area contributed by atoms with Crippen LogP contribution in [0.1, 0.15) is 6.42 Å². The van der Waals surface area contributed by atoms with E-state index in [4.69, 9.17) is 0 Å². The number of halogens is 1. The second kappa shape index (κ2) is 2.27. The lowest BCUT2D eigenvalue weighted by Gasteiger charge is -2.40. The van der Waals surface area contributed by atoms with Crippen molar-refractivity contribution < 1.29 is 4.79 Å². The highest BCUT2D eigenvalue weighted by Gasteiger charge is 2.38. The Labute approximate surface area is 71.8 Å². The van der Waals surface area contributed by atoms with Crippen LogP contribution in [-0.2, 0) is 4.79 Å². The Morgan fingerprint density at radius 1 is 1.80 bits per heavy atom. The zero-order valence-electron chi connectivity index (χ0n) is 5.16.